The molecule has 0 heterocycles. The topological polar surface area (TPSA) is 52.3 Å². The van der Waals surface area contributed by atoms with Crippen molar-refractivity contribution in [2.45, 2.75) is 18.9 Å². The summed E-state index contributed by atoms with van der Waals surface area (Å²) in [7, 11) is 0. The lowest BCUT2D eigenvalue weighted by molar-refractivity contribution is -0.174. The molecule has 0 amide bonds. The Labute approximate surface area is 150 Å². The van der Waals surface area contributed by atoms with E-state index < -0.39 is 17.9 Å². The van der Waals surface area contributed by atoms with Crippen LogP contribution in [0.25, 0.3) is 21.5 Å². The first kappa shape index (κ1) is 19.1. The second kappa shape index (κ2) is 7.33. The van der Waals surface area contributed by atoms with Gasteiger partial charge < -0.3 is 10.5 Å². The number of hydrogen-bond donors (Lipinski definition) is 1. The molecule has 2 N–H and O–H groups in total. The Morgan fingerprint density at radius 3 is 2.04 bits per heavy atom. The van der Waals surface area contributed by atoms with Gasteiger partial charge in [-0.25, -0.2) is 4.79 Å². The quantitative estimate of drug-likeness (QED) is 0.542. The van der Waals surface area contributed by atoms with Gasteiger partial charge in [0.05, 0.1) is 6.61 Å². The van der Waals surface area contributed by atoms with Crippen molar-refractivity contribution in [3.05, 3.63) is 60.2 Å². The Morgan fingerprint density at radius 2 is 1.56 bits per heavy atom. The van der Waals surface area contributed by atoms with Crippen LogP contribution in [0.1, 0.15) is 18.5 Å². The summed E-state index contributed by atoms with van der Waals surface area (Å²) >= 11 is 0. The Morgan fingerprint density at radius 1 is 1.08 bits per heavy atom. The molecule has 0 radical (unpaired) electrons. The lowest BCUT2D eigenvalue weighted by Gasteiger charge is -2.24. The highest BCUT2D eigenvalue weighted by molar-refractivity contribution is 6.03. The van der Waals surface area contributed by atoms with Crippen molar-refractivity contribution >= 4 is 39.9 Å². The van der Waals surface area contributed by atoms with Gasteiger partial charge in [-0.1, -0.05) is 48.5 Å². The van der Waals surface area contributed by atoms with Crippen LogP contribution >= 0.6 is 12.4 Å². The number of hydrogen-bond acceptors (Lipinski definition) is 3. The van der Waals surface area contributed by atoms with Crippen LogP contribution in [0.2, 0.25) is 0 Å². The SMILES string of the molecule is CCOC(=O)C(F)(F)[C@@H](N)c1c2ccccc2cc2ccccc12.Cl. The molecule has 0 aliphatic carbocycles. The Bertz CT molecular complexity index is 860. The largest absolute Gasteiger partial charge is 0.462 e. The molecule has 0 aliphatic heterocycles. The van der Waals surface area contributed by atoms with Crippen molar-refractivity contribution in [3.8, 4) is 0 Å². The standard InChI is InChI=1S/C19H17F2NO2.ClH/c1-2-24-18(23)19(20,21)17(22)16-14-9-5-3-7-12(14)11-13-8-4-6-10-15(13)16;/h3-11,17H,2,22H2,1H3;1H/t17-;/m0./s1. The minimum atomic E-state index is -3.82. The third-order valence-corrected chi connectivity index (χ3v) is 4.06. The number of benzene rings is 3. The molecule has 0 unspecified atom stereocenters. The molecule has 6 heteroatoms. The van der Waals surface area contributed by atoms with Gasteiger partial charge in [-0.3, -0.25) is 0 Å². The van der Waals surface area contributed by atoms with E-state index in [0.717, 1.165) is 10.8 Å². The first-order valence-electron chi connectivity index (χ1n) is 7.67. The van der Waals surface area contributed by atoms with Gasteiger partial charge in [0.15, 0.2) is 0 Å². The van der Waals surface area contributed by atoms with E-state index in [4.69, 9.17) is 5.73 Å². The fourth-order valence-corrected chi connectivity index (χ4v) is 2.92. The maximum atomic E-state index is 14.5. The number of fused-ring (bicyclic) bond motifs is 2. The zero-order valence-electron chi connectivity index (χ0n) is 13.5. The second-order valence-electron chi connectivity index (χ2n) is 5.55. The molecule has 0 fully saturated rings. The van der Waals surface area contributed by atoms with Crippen LogP contribution in [0.15, 0.2) is 54.6 Å². The minimum Gasteiger partial charge on any atom is -0.462 e. The lowest BCUT2D eigenvalue weighted by atomic mass is 9.90. The zero-order valence-corrected chi connectivity index (χ0v) is 14.4. The summed E-state index contributed by atoms with van der Waals surface area (Å²) in [6.45, 7) is 1.35. The average molecular weight is 366 g/mol. The average Bonchev–Trinajstić information content (AvgIpc) is 2.59. The molecule has 3 nitrogen and oxygen atoms in total. The molecule has 0 saturated carbocycles. The van der Waals surface area contributed by atoms with Crippen LogP contribution in [0.4, 0.5) is 8.78 Å². The Balaban J connectivity index is 0.00000225. The monoisotopic (exact) mass is 365 g/mol. The van der Waals surface area contributed by atoms with Gasteiger partial charge in [0.1, 0.15) is 6.04 Å². The highest BCUT2D eigenvalue weighted by Crippen LogP contribution is 2.39. The first-order chi connectivity index (χ1) is 11.5. The van der Waals surface area contributed by atoms with Crippen molar-refractivity contribution in [3.63, 3.8) is 0 Å². The molecule has 3 rings (SSSR count). The summed E-state index contributed by atoms with van der Waals surface area (Å²) in [5.41, 5.74) is 6.14. The molecule has 0 spiro atoms. The summed E-state index contributed by atoms with van der Waals surface area (Å²) in [5, 5.41) is 2.79. The van der Waals surface area contributed by atoms with E-state index in [1.165, 1.54) is 6.92 Å². The maximum absolute atomic E-state index is 14.5. The number of rotatable bonds is 4. The number of carbonyl (C=O) groups excluding carboxylic acids is 1. The minimum absolute atomic E-state index is 0. The lowest BCUT2D eigenvalue weighted by Crippen LogP contribution is -2.42. The van der Waals surface area contributed by atoms with Gasteiger partial charge in [-0.2, -0.15) is 8.78 Å². The molecule has 0 aromatic heterocycles. The van der Waals surface area contributed by atoms with Gasteiger partial charge in [0.25, 0.3) is 0 Å². The second-order valence-corrected chi connectivity index (χ2v) is 5.55. The Hall–Kier alpha value is -2.24. The third-order valence-electron chi connectivity index (χ3n) is 4.06. The fourth-order valence-electron chi connectivity index (χ4n) is 2.92. The van der Waals surface area contributed by atoms with Crippen molar-refractivity contribution < 1.29 is 18.3 Å². The summed E-state index contributed by atoms with van der Waals surface area (Å²) in [5.74, 6) is -5.42. The van der Waals surface area contributed by atoms with Crippen LogP contribution < -0.4 is 5.73 Å². The van der Waals surface area contributed by atoms with Gasteiger partial charge in [0, 0.05) is 0 Å². The molecule has 1 atom stereocenters. The molecule has 132 valence electrons. The van der Waals surface area contributed by atoms with Crippen LogP contribution in [-0.4, -0.2) is 18.5 Å². The van der Waals surface area contributed by atoms with Crippen LogP contribution in [0.3, 0.4) is 0 Å². The number of alkyl halides is 2. The van der Waals surface area contributed by atoms with Crippen molar-refractivity contribution in [1.82, 2.24) is 0 Å². The van der Waals surface area contributed by atoms with Crippen LogP contribution in [-0.2, 0) is 9.53 Å². The number of nitrogens with two attached hydrogens (primary N) is 1. The van der Waals surface area contributed by atoms with Gasteiger partial charge in [-0.05, 0) is 40.1 Å². The van der Waals surface area contributed by atoms with Crippen molar-refractivity contribution in [2.24, 2.45) is 5.73 Å². The van der Waals surface area contributed by atoms with Crippen LogP contribution in [0.5, 0.6) is 0 Å². The van der Waals surface area contributed by atoms with Crippen molar-refractivity contribution in [2.75, 3.05) is 6.61 Å². The molecule has 3 aromatic rings. The van der Waals surface area contributed by atoms with Gasteiger partial charge >= 0.3 is 11.9 Å². The number of ether oxygens (including phenoxy) is 1. The third kappa shape index (κ3) is 3.30. The Kier molecular flexibility index (Phi) is 5.60. The van der Waals surface area contributed by atoms with Gasteiger partial charge in [-0.15, -0.1) is 12.4 Å². The number of halogens is 3. The van der Waals surface area contributed by atoms with Crippen LogP contribution in [0, 0.1) is 0 Å². The fraction of sp³-hybridized carbons (Fsp3) is 0.211. The predicted molar refractivity (Wildman–Crippen MR) is 97.2 cm³/mol. The molecular weight excluding hydrogens is 348 g/mol. The first-order valence-corrected chi connectivity index (χ1v) is 7.67. The van der Waals surface area contributed by atoms with E-state index in [9.17, 15) is 13.6 Å². The maximum Gasteiger partial charge on any atom is 0.379 e. The summed E-state index contributed by atoms with van der Waals surface area (Å²) in [4.78, 5) is 11.7. The molecular formula is C19H18ClF2NO2. The summed E-state index contributed by atoms with van der Waals surface area (Å²) in [6.07, 6.45) is 0. The predicted octanol–water partition coefficient (Wildman–Crippen LogP) is 4.61. The smallest absolute Gasteiger partial charge is 0.379 e. The number of carbonyl (C=O) groups is 1. The summed E-state index contributed by atoms with van der Waals surface area (Å²) in [6, 6.07) is 14.4. The van der Waals surface area contributed by atoms with E-state index in [1.54, 1.807) is 24.3 Å². The van der Waals surface area contributed by atoms with E-state index in [1.807, 2.05) is 30.3 Å². The molecule has 25 heavy (non-hydrogen) atoms. The summed E-state index contributed by atoms with van der Waals surface area (Å²) < 4.78 is 33.6. The van der Waals surface area contributed by atoms with E-state index >= 15 is 0 Å². The van der Waals surface area contributed by atoms with E-state index in [2.05, 4.69) is 4.74 Å². The molecule has 3 aromatic carbocycles. The molecule has 0 bridgehead atoms. The van der Waals surface area contributed by atoms with Gasteiger partial charge in [0.2, 0.25) is 0 Å². The molecule has 0 saturated heterocycles. The zero-order chi connectivity index (χ0) is 17.3. The molecule has 0 aliphatic rings. The number of esters is 1. The van der Waals surface area contributed by atoms with E-state index in [0.29, 0.717) is 10.8 Å². The normalized spacial score (nSPS) is 12.6. The van der Waals surface area contributed by atoms with Crippen molar-refractivity contribution in [1.29, 1.82) is 0 Å². The highest BCUT2D eigenvalue weighted by atomic mass is 35.5. The van der Waals surface area contributed by atoms with E-state index in [-0.39, 0.29) is 24.6 Å². The highest BCUT2D eigenvalue weighted by Gasteiger charge is 2.48.